The van der Waals surface area contributed by atoms with E-state index in [2.05, 4.69) is 44.8 Å². The number of nitrogens with zero attached hydrogens (tertiary/aromatic N) is 1. The van der Waals surface area contributed by atoms with Crippen LogP contribution in [0.3, 0.4) is 0 Å². The molecule has 4 nitrogen and oxygen atoms in total. The molecule has 0 aliphatic heterocycles. The lowest BCUT2D eigenvalue weighted by atomic mass is 9.63. The number of fused-ring (bicyclic) bond motifs is 2. The molecule has 0 bridgehead atoms. The Morgan fingerprint density at radius 1 is 1.00 bits per heavy atom. The number of rotatable bonds is 2. The maximum absolute atomic E-state index is 11.0. The summed E-state index contributed by atoms with van der Waals surface area (Å²) in [5.41, 5.74) is 5.61. The standard InChI is InChI=1S/C22H23NO3.ClH/c1-21(2)9-10-22(3,4)16-12-18-17(11-15(16)21)23-19(26-18)13-5-7-14(8-6-13)20(24)25;/h5-8,11-12H,9-10H2,1-4H3,(H,24,25);1H. The van der Waals surface area contributed by atoms with E-state index < -0.39 is 5.97 Å². The van der Waals surface area contributed by atoms with Crippen molar-refractivity contribution in [1.29, 1.82) is 0 Å². The van der Waals surface area contributed by atoms with Crippen LogP contribution in [0, 0.1) is 0 Å². The van der Waals surface area contributed by atoms with Gasteiger partial charge in [-0.1, -0.05) is 27.7 Å². The molecule has 0 amide bonds. The smallest absolute Gasteiger partial charge is 0.335 e. The van der Waals surface area contributed by atoms with Crippen molar-refractivity contribution in [2.24, 2.45) is 0 Å². The van der Waals surface area contributed by atoms with Gasteiger partial charge in [0.1, 0.15) is 5.52 Å². The molecule has 0 saturated carbocycles. The molecule has 0 radical (unpaired) electrons. The number of aromatic carboxylic acids is 1. The van der Waals surface area contributed by atoms with E-state index in [1.807, 2.05) is 0 Å². The summed E-state index contributed by atoms with van der Waals surface area (Å²) in [5, 5.41) is 9.04. The predicted molar refractivity (Wildman–Crippen MR) is 109 cm³/mol. The summed E-state index contributed by atoms with van der Waals surface area (Å²) in [4.78, 5) is 15.7. The molecule has 4 rings (SSSR count). The zero-order valence-electron chi connectivity index (χ0n) is 16.0. The fraction of sp³-hybridized carbons (Fsp3) is 0.364. The summed E-state index contributed by atoms with van der Waals surface area (Å²) >= 11 is 0. The van der Waals surface area contributed by atoms with Crippen LogP contribution in [0.15, 0.2) is 40.8 Å². The van der Waals surface area contributed by atoms with Gasteiger partial charge in [0.2, 0.25) is 5.89 Å². The highest BCUT2D eigenvalue weighted by Crippen LogP contribution is 2.47. The molecular formula is C22H24ClNO3. The molecule has 1 aliphatic carbocycles. The van der Waals surface area contributed by atoms with Crippen molar-refractivity contribution < 1.29 is 14.3 Å². The van der Waals surface area contributed by atoms with Gasteiger partial charge in [-0.15, -0.1) is 12.4 Å². The van der Waals surface area contributed by atoms with Crippen LogP contribution in [0.5, 0.6) is 0 Å². The van der Waals surface area contributed by atoms with Gasteiger partial charge < -0.3 is 9.52 Å². The van der Waals surface area contributed by atoms with E-state index in [0.29, 0.717) is 5.89 Å². The molecule has 0 unspecified atom stereocenters. The Kier molecular flexibility index (Phi) is 4.59. The lowest BCUT2D eigenvalue weighted by molar-refractivity contribution is 0.0697. The monoisotopic (exact) mass is 385 g/mol. The van der Waals surface area contributed by atoms with Crippen LogP contribution in [-0.2, 0) is 10.8 Å². The van der Waals surface area contributed by atoms with Gasteiger partial charge in [-0.25, -0.2) is 9.78 Å². The highest BCUT2D eigenvalue weighted by atomic mass is 35.5. The van der Waals surface area contributed by atoms with Crippen LogP contribution in [0.2, 0.25) is 0 Å². The number of hydrogen-bond donors (Lipinski definition) is 1. The molecule has 1 aromatic heterocycles. The lowest BCUT2D eigenvalue weighted by Crippen LogP contribution is -2.33. The number of carboxylic acids is 1. The Hall–Kier alpha value is -2.33. The quantitative estimate of drug-likeness (QED) is 0.590. The largest absolute Gasteiger partial charge is 0.478 e. The molecule has 0 spiro atoms. The molecule has 0 atom stereocenters. The topological polar surface area (TPSA) is 63.3 Å². The summed E-state index contributed by atoms with van der Waals surface area (Å²) in [6.45, 7) is 9.15. The van der Waals surface area contributed by atoms with Crippen LogP contribution < -0.4 is 0 Å². The van der Waals surface area contributed by atoms with Gasteiger partial charge in [0.05, 0.1) is 5.56 Å². The number of carboxylic acid groups (broad SMARTS) is 1. The van der Waals surface area contributed by atoms with Gasteiger partial charge >= 0.3 is 5.97 Å². The molecule has 142 valence electrons. The van der Waals surface area contributed by atoms with Gasteiger partial charge in [-0.3, -0.25) is 0 Å². The minimum Gasteiger partial charge on any atom is -0.478 e. The third-order valence-corrected chi connectivity index (χ3v) is 5.74. The van der Waals surface area contributed by atoms with Gasteiger partial charge in [0, 0.05) is 5.56 Å². The van der Waals surface area contributed by atoms with E-state index in [1.165, 1.54) is 11.1 Å². The summed E-state index contributed by atoms with van der Waals surface area (Å²) < 4.78 is 6.02. The molecule has 3 aromatic rings. The fourth-order valence-corrected chi connectivity index (χ4v) is 3.87. The summed E-state index contributed by atoms with van der Waals surface area (Å²) in [6.07, 6.45) is 2.30. The highest BCUT2D eigenvalue weighted by Gasteiger charge is 2.37. The Labute approximate surface area is 165 Å². The normalized spacial score (nSPS) is 17.2. The highest BCUT2D eigenvalue weighted by molar-refractivity contribution is 5.88. The van der Waals surface area contributed by atoms with Gasteiger partial charge in [-0.05, 0) is 71.2 Å². The van der Waals surface area contributed by atoms with E-state index in [-0.39, 0.29) is 28.8 Å². The Balaban J connectivity index is 0.00000210. The fourth-order valence-electron chi connectivity index (χ4n) is 3.87. The second kappa shape index (κ2) is 6.38. The number of aromatic nitrogens is 1. The predicted octanol–water partition coefficient (Wildman–Crippen LogP) is 5.96. The van der Waals surface area contributed by atoms with Crippen molar-refractivity contribution in [3.05, 3.63) is 53.1 Å². The Bertz CT molecular complexity index is 963. The molecule has 0 fully saturated rings. The average Bonchev–Trinajstić information content (AvgIpc) is 3.01. The molecule has 5 heteroatoms. The molecule has 27 heavy (non-hydrogen) atoms. The van der Waals surface area contributed by atoms with Crippen molar-refractivity contribution in [3.8, 4) is 11.5 Å². The lowest BCUT2D eigenvalue weighted by Gasteiger charge is -2.41. The first kappa shape index (κ1) is 19.4. The number of oxazole rings is 1. The Morgan fingerprint density at radius 3 is 2.11 bits per heavy atom. The molecule has 0 saturated heterocycles. The van der Waals surface area contributed by atoms with Crippen molar-refractivity contribution in [2.45, 2.75) is 51.4 Å². The van der Waals surface area contributed by atoms with E-state index in [0.717, 1.165) is 29.5 Å². The zero-order chi connectivity index (χ0) is 18.7. The van der Waals surface area contributed by atoms with E-state index >= 15 is 0 Å². The van der Waals surface area contributed by atoms with Crippen LogP contribution in [0.1, 0.15) is 62.0 Å². The molecule has 1 heterocycles. The summed E-state index contributed by atoms with van der Waals surface area (Å²) in [6, 6.07) is 10.9. The van der Waals surface area contributed by atoms with Crippen LogP contribution >= 0.6 is 12.4 Å². The van der Waals surface area contributed by atoms with Gasteiger partial charge in [0.15, 0.2) is 5.58 Å². The summed E-state index contributed by atoms with van der Waals surface area (Å²) in [7, 11) is 0. The third-order valence-electron chi connectivity index (χ3n) is 5.74. The summed E-state index contributed by atoms with van der Waals surface area (Å²) in [5.74, 6) is -0.416. The maximum Gasteiger partial charge on any atom is 0.335 e. The van der Waals surface area contributed by atoms with Crippen molar-refractivity contribution >= 4 is 29.5 Å². The average molecular weight is 386 g/mol. The number of carbonyl (C=O) groups is 1. The number of benzene rings is 2. The SMILES string of the molecule is CC1(C)CCC(C)(C)c2cc3oc(-c4ccc(C(=O)O)cc4)nc3cc21.Cl. The molecule has 1 aliphatic rings. The molecule has 1 N–H and O–H groups in total. The number of halogens is 1. The minimum absolute atomic E-state index is 0. The van der Waals surface area contributed by atoms with Gasteiger partial charge in [-0.2, -0.15) is 0 Å². The van der Waals surface area contributed by atoms with Crippen LogP contribution in [-0.4, -0.2) is 16.1 Å². The van der Waals surface area contributed by atoms with Gasteiger partial charge in [0.25, 0.3) is 0 Å². The maximum atomic E-state index is 11.0. The van der Waals surface area contributed by atoms with E-state index in [4.69, 9.17) is 9.52 Å². The number of hydrogen-bond acceptors (Lipinski definition) is 3. The van der Waals surface area contributed by atoms with Crippen molar-refractivity contribution in [2.75, 3.05) is 0 Å². The molecular weight excluding hydrogens is 362 g/mol. The zero-order valence-corrected chi connectivity index (χ0v) is 16.8. The Morgan fingerprint density at radius 2 is 1.56 bits per heavy atom. The first-order chi connectivity index (χ1) is 12.2. The second-order valence-corrected chi connectivity index (χ2v) is 8.53. The minimum atomic E-state index is -0.939. The first-order valence-electron chi connectivity index (χ1n) is 8.97. The second-order valence-electron chi connectivity index (χ2n) is 8.53. The van der Waals surface area contributed by atoms with E-state index in [9.17, 15) is 4.79 Å². The van der Waals surface area contributed by atoms with Crippen LogP contribution in [0.25, 0.3) is 22.6 Å². The van der Waals surface area contributed by atoms with Crippen molar-refractivity contribution in [3.63, 3.8) is 0 Å². The van der Waals surface area contributed by atoms with E-state index in [1.54, 1.807) is 24.3 Å². The molecule has 2 aromatic carbocycles. The third kappa shape index (κ3) is 3.23. The van der Waals surface area contributed by atoms with Crippen LogP contribution in [0.4, 0.5) is 0 Å². The first-order valence-corrected chi connectivity index (χ1v) is 8.97. The van der Waals surface area contributed by atoms with Crippen molar-refractivity contribution in [1.82, 2.24) is 4.98 Å².